The lowest BCUT2D eigenvalue weighted by atomic mass is 10.1. The van der Waals surface area contributed by atoms with E-state index in [2.05, 4.69) is 5.32 Å². The monoisotopic (exact) mass is 339 g/mol. The average Bonchev–Trinajstić information content (AvgIpc) is 3.44. The van der Waals surface area contributed by atoms with Crippen LogP contribution in [0.1, 0.15) is 30.7 Å². The maximum Gasteiger partial charge on any atom is 0.319 e. The molecule has 0 bridgehead atoms. The Morgan fingerprint density at radius 3 is 2.46 bits per heavy atom. The number of halogens is 3. The average molecular weight is 339 g/mol. The summed E-state index contributed by atoms with van der Waals surface area (Å²) < 4.78 is 39.5. The van der Waals surface area contributed by atoms with Gasteiger partial charge in [-0.15, -0.1) is 0 Å². The third-order valence-electron chi connectivity index (χ3n) is 4.78. The molecule has 1 aromatic rings. The van der Waals surface area contributed by atoms with Crippen LogP contribution in [0.25, 0.3) is 0 Å². The summed E-state index contributed by atoms with van der Waals surface area (Å²) in [6.07, 6.45) is 2.49. The summed E-state index contributed by atoms with van der Waals surface area (Å²) in [7, 11) is 0. The Morgan fingerprint density at radius 2 is 1.83 bits per heavy atom. The number of benzene rings is 1. The first-order valence-electron chi connectivity index (χ1n) is 7.93. The molecule has 3 fully saturated rings. The van der Waals surface area contributed by atoms with Gasteiger partial charge >= 0.3 is 6.03 Å². The molecule has 8 heteroatoms. The van der Waals surface area contributed by atoms with Crippen molar-refractivity contribution in [2.75, 3.05) is 13.2 Å². The number of nitrogens with zero attached hydrogens (tertiary/aromatic N) is 2. The first-order chi connectivity index (χ1) is 11.4. The van der Waals surface area contributed by atoms with Gasteiger partial charge in [-0.1, -0.05) is 0 Å². The van der Waals surface area contributed by atoms with Crippen molar-refractivity contribution in [2.45, 2.75) is 37.3 Å². The zero-order chi connectivity index (χ0) is 17.0. The fraction of sp³-hybridized carbons (Fsp3) is 0.500. The summed E-state index contributed by atoms with van der Waals surface area (Å²) in [6.45, 7) is 0.339. The molecule has 24 heavy (non-hydrogen) atoms. The van der Waals surface area contributed by atoms with Crippen LogP contribution >= 0.6 is 0 Å². The van der Waals surface area contributed by atoms with Crippen LogP contribution < -0.4 is 5.32 Å². The van der Waals surface area contributed by atoms with E-state index in [4.69, 9.17) is 0 Å². The molecule has 1 aliphatic heterocycles. The van der Waals surface area contributed by atoms with Crippen molar-refractivity contribution in [3.8, 4) is 0 Å². The van der Waals surface area contributed by atoms with Crippen LogP contribution in [0.4, 0.5) is 18.0 Å². The van der Waals surface area contributed by atoms with Gasteiger partial charge in [0.2, 0.25) is 5.91 Å². The molecule has 0 spiro atoms. The van der Waals surface area contributed by atoms with E-state index >= 15 is 0 Å². The van der Waals surface area contributed by atoms with Crippen molar-refractivity contribution in [3.05, 3.63) is 35.1 Å². The lowest BCUT2D eigenvalue weighted by Crippen LogP contribution is -2.41. The van der Waals surface area contributed by atoms with E-state index in [1.165, 1.54) is 4.90 Å². The normalized spacial score (nSPS) is 26.0. The van der Waals surface area contributed by atoms with Crippen molar-refractivity contribution in [3.63, 3.8) is 0 Å². The standard InChI is InChI=1S/C16H16F3N3O2/c17-11-3-8(4-12(18)15(11)19)10-5-13(10)20-16(24)21-6-14(23)22(7-21)9-1-2-9/h3-4,9-10,13H,1-2,5-7H2,(H,20,24)/t10-,13+/m0/s1. The maximum atomic E-state index is 13.3. The van der Waals surface area contributed by atoms with Gasteiger partial charge in [-0.25, -0.2) is 18.0 Å². The molecule has 0 aromatic heterocycles. The molecule has 4 rings (SSSR count). The maximum absolute atomic E-state index is 13.3. The van der Waals surface area contributed by atoms with Crippen LogP contribution in [0.15, 0.2) is 12.1 Å². The van der Waals surface area contributed by atoms with Crippen LogP contribution in [0.5, 0.6) is 0 Å². The van der Waals surface area contributed by atoms with Gasteiger partial charge in [0, 0.05) is 18.0 Å². The molecule has 1 N–H and O–H groups in total. The number of urea groups is 1. The Kier molecular flexibility index (Phi) is 3.43. The lowest BCUT2D eigenvalue weighted by molar-refractivity contribution is -0.127. The third kappa shape index (κ3) is 2.70. The fourth-order valence-electron chi connectivity index (χ4n) is 3.17. The van der Waals surface area contributed by atoms with Crippen molar-refractivity contribution in [1.29, 1.82) is 0 Å². The Morgan fingerprint density at radius 1 is 1.17 bits per heavy atom. The largest absolute Gasteiger partial charge is 0.335 e. The number of hydrogen-bond acceptors (Lipinski definition) is 2. The Balaban J connectivity index is 1.36. The predicted molar refractivity (Wildman–Crippen MR) is 77.4 cm³/mol. The summed E-state index contributed by atoms with van der Waals surface area (Å²) in [4.78, 5) is 27.2. The Bertz CT molecular complexity index is 700. The molecule has 2 aliphatic carbocycles. The van der Waals surface area contributed by atoms with Crippen LogP contribution in [0, 0.1) is 17.5 Å². The zero-order valence-electron chi connectivity index (χ0n) is 12.8. The van der Waals surface area contributed by atoms with Gasteiger partial charge in [-0.05, 0) is 37.0 Å². The van der Waals surface area contributed by atoms with E-state index < -0.39 is 17.5 Å². The molecule has 1 saturated heterocycles. The Hall–Kier alpha value is -2.25. The van der Waals surface area contributed by atoms with Crippen LogP contribution in [-0.4, -0.2) is 47.0 Å². The topological polar surface area (TPSA) is 52.7 Å². The summed E-state index contributed by atoms with van der Waals surface area (Å²) in [5.74, 6) is -4.24. The van der Waals surface area contributed by atoms with E-state index in [0.29, 0.717) is 12.0 Å². The number of amides is 3. The number of carbonyl (C=O) groups is 2. The van der Waals surface area contributed by atoms with Crippen molar-refractivity contribution < 1.29 is 22.8 Å². The molecule has 3 amide bonds. The highest BCUT2D eigenvalue weighted by molar-refractivity contribution is 5.87. The number of hydrogen-bond donors (Lipinski definition) is 1. The lowest BCUT2D eigenvalue weighted by Gasteiger charge is -2.18. The van der Waals surface area contributed by atoms with Gasteiger partial charge in [0.25, 0.3) is 0 Å². The van der Waals surface area contributed by atoms with Gasteiger partial charge in [-0.2, -0.15) is 0 Å². The minimum absolute atomic E-state index is 0.0531. The number of nitrogens with one attached hydrogen (secondary N) is 1. The molecule has 0 unspecified atom stereocenters. The molecular weight excluding hydrogens is 323 g/mol. The highest BCUT2D eigenvalue weighted by Crippen LogP contribution is 2.41. The van der Waals surface area contributed by atoms with Gasteiger partial charge in [-0.3, -0.25) is 9.69 Å². The van der Waals surface area contributed by atoms with E-state index in [9.17, 15) is 22.8 Å². The molecule has 2 atom stereocenters. The second kappa shape index (κ2) is 5.39. The molecule has 128 valence electrons. The highest BCUT2D eigenvalue weighted by atomic mass is 19.2. The third-order valence-corrected chi connectivity index (χ3v) is 4.78. The number of rotatable bonds is 3. The van der Waals surface area contributed by atoms with Crippen LogP contribution in [0.2, 0.25) is 0 Å². The van der Waals surface area contributed by atoms with Gasteiger partial charge in [0.1, 0.15) is 6.54 Å². The highest BCUT2D eigenvalue weighted by Gasteiger charge is 2.44. The summed E-state index contributed by atoms with van der Waals surface area (Å²) in [5.41, 5.74) is 0.328. The first-order valence-corrected chi connectivity index (χ1v) is 7.93. The quantitative estimate of drug-likeness (QED) is 0.856. The summed E-state index contributed by atoms with van der Waals surface area (Å²) in [5, 5.41) is 2.77. The SMILES string of the molecule is O=C(N[C@@H]1C[C@H]1c1cc(F)c(F)c(F)c1)N1CC(=O)N(C2CC2)C1. The van der Waals surface area contributed by atoms with Crippen LogP contribution in [-0.2, 0) is 4.79 Å². The first kappa shape index (κ1) is 15.3. The van der Waals surface area contributed by atoms with E-state index in [1.54, 1.807) is 4.90 Å². The van der Waals surface area contributed by atoms with Gasteiger partial charge < -0.3 is 10.2 Å². The van der Waals surface area contributed by atoms with Gasteiger partial charge in [0.05, 0.1) is 6.67 Å². The predicted octanol–water partition coefficient (Wildman–Crippen LogP) is 1.93. The van der Waals surface area contributed by atoms with E-state index in [0.717, 1.165) is 25.0 Å². The molecule has 2 saturated carbocycles. The van der Waals surface area contributed by atoms with Gasteiger partial charge in [0.15, 0.2) is 17.5 Å². The van der Waals surface area contributed by atoms with E-state index in [-0.39, 0.29) is 43.2 Å². The smallest absolute Gasteiger partial charge is 0.319 e. The van der Waals surface area contributed by atoms with E-state index in [1.807, 2.05) is 0 Å². The molecule has 1 aromatic carbocycles. The van der Waals surface area contributed by atoms with Crippen molar-refractivity contribution >= 4 is 11.9 Å². The summed E-state index contributed by atoms with van der Waals surface area (Å²) in [6, 6.07) is 1.57. The molecular formula is C16H16F3N3O2. The van der Waals surface area contributed by atoms with Crippen LogP contribution in [0.3, 0.4) is 0 Å². The minimum atomic E-state index is -1.49. The second-order valence-corrected chi connectivity index (χ2v) is 6.63. The summed E-state index contributed by atoms with van der Waals surface area (Å²) >= 11 is 0. The fourth-order valence-corrected chi connectivity index (χ4v) is 3.17. The van der Waals surface area contributed by atoms with Crippen molar-refractivity contribution in [1.82, 2.24) is 15.1 Å². The molecule has 5 nitrogen and oxygen atoms in total. The molecule has 3 aliphatic rings. The van der Waals surface area contributed by atoms with Crippen molar-refractivity contribution in [2.24, 2.45) is 0 Å². The Labute approximate surface area is 136 Å². The minimum Gasteiger partial charge on any atom is -0.335 e. The number of carbonyl (C=O) groups excluding carboxylic acids is 2. The second-order valence-electron chi connectivity index (χ2n) is 6.63. The molecule has 0 radical (unpaired) electrons. The molecule has 1 heterocycles. The zero-order valence-corrected chi connectivity index (χ0v) is 12.8.